The summed E-state index contributed by atoms with van der Waals surface area (Å²) >= 11 is 5.87. The van der Waals surface area contributed by atoms with E-state index in [9.17, 15) is 9.59 Å². The summed E-state index contributed by atoms with van der Waals surface area (Å²) in [6.07, 6.45) is 1.89. The van der Waals surface area contributed by atoms with Crippen LogP contribution in [0.25, 0.3) is 6.08 Å². The maximum absolute atomic E-state index is 12.1. The monoisotopic (exact) mass is 387 g/mol. The zero-order valence-electron chi connectivity index (χ0n) is 14.6. The molecule has 1 amide bonds. The van der Waals surface area contributed by atoms with Crippen molar-refractivity contribution in [2.75, 3.05) is 18.5 Å². The highest BCUT2D eigenvalue weighted by molar-refractivity contribution is 6.30. The molecule has 2 aromatic rings. The normalized spacial score (nSPS) is 13.9. The molecule has 1 aliphatic rings. The molecular weight excluding hydrogens is 370 g/mol. The number of hydrogen-bond donors (Lipinski definition) is 1. The van der Waals surface area contributed by atoms with Gasteiger partial charge in [0.1, 0.15) is 13.2 Å². The van der Waals surface area contributed by atoms with Gasteiger partial charge < -0.3 is 19.5 Å². The molecule has 140 valence electrons. The summed E-state index contributed by atoms with van der Waals surface area (Å²) in [5.41, 5.74) is 1.29. The van der Waals surface area contributed by atoms with Crippen LogP contribution in [0, 0.1) is 0 Å². The number of rotatable bonds is 5. The predicted molar refractivity (Wildman–Crippen MR) is 102 cm³/mol. The maximum atomic E-state index is 12.1. The van der Waals surface area contributed by atoms with E-state index in [1.807, 2.05) is 0 Å². The van der Waals surface area contributed by atoms with Crippen LogP contribution in [0.2, 0.25) is 5.02 Å². The minimum absolute atomic E-state index is 0.446. The third kappa shape index (κ3) is 5.24. The van der Waals surface area contributed by atoms with Crippen LogP contribution in [0.15, 0.2) is 48.5 Å². The van der Waals surface area contributed by atoms with Crippen LogP contribution < -0.4 is 14.8 Å². The zero-order valence-corrected chi connectivity index (χ0v) is 15.4. The SMILES string of the molecule is C[C@@H](OC(=O)/C=C/c1ccc2c(c1)OCCO2)C(=O)Nc1cccc(Cl)c1. The fourth-order valence-corrected chi connectivity index (χ4v) is 2.60. The van der Waals surface area contributed by atoms with Crippen molar-refractivity contribution in [2.45, 2.75) is 13.0 Å². The van der Waals surface area contributed by atoms with Crippen molar-refractivity contribution in [3.05, 3.63) is 59.1 Å². The van der Waals surface area contributed by atoms with Crippen molar-refractivity contribution >= 4 is 35.2 Å². The molecule has 0 fully saturated rings. The number of anilines is 1. The van der Waals surface area contributed by atoms with Crippen LogP contribution in [0.1, 0.15) is 12.5 Å². The van der Waals surface area contributed by atoms with Crippen LogP contribution in [0.3, 0.4) is 0 Å². The Labute approximate surface area is 161 Å². The predicted octanol–water partition coefficient (Wildman–Crippen LogP) is 3.69. The van der Waals surface area contributed by atoms with Gasteiger partial charge in [0.2, 0.25) is 0 Å². The lowest BCUT2D eigenvalue weighted by Crippen LogP contribution is -2.29. The van der Waals surface area contributed by atoms with E-state index >= 15 is 0 Å². The van der Waals surface area contributed by atoms with E-state index in [1.54, 1.807) is 48.5 Å². The second-order valence-electron chi connectivity index (χ2n) is 5.82. The summed E-state index contributed by atoms with van der Waals surface area (Å²) in [4.78, 5) is 24.1. The lowest BCUT2D eigenvalue weighted by atomic mass is 10.2. The molecule has 27 heavy (non-hydrogen) atoms. The highest BCUT2D eigenvalue weighted by atomic mass is 35.5. The number of amides is 1. The molecule has 0 saturated carbocycles. The number of carbonyl (C=O) groups excluding carboxylic acids is 2. The minimum atomic E-state index is -0.957. The Balaban J connectivity index is 1.55. The number of benzene rings is 2. The molecule has 7 heteroatoms. The van der Waals surface area contributed by atoms with Gasteiger partial charge in [0.15, 0.2) is 17.6 Å². The van der Waals surface area contributed by atoms with Gasteiger partial charge in [-0.1, -0.05) is 23.7 Å². The van der Waals surface area contributed by atoms with Gasteiger partial charge in [-0.05, 0) is 48.9 Å². The molecule has 0 aliphatic carbocycles. The number of fused-ring (bicyclic) bond motifs is 1. The van der Waals surface area contributed by atoms with Crippen LogP contribution >= 0.6 is 11.6 Å². The van der Waals surface area contributed by atoms with Crippen molar-refractivity contribution in [1.29, 1.82) is 0 Å². The van der Waals surface area contributed by atoms with Gasteiger partial charge in [-0.3, -0.25) is 4.79 Å². The first-order valence-electron chi connectivity index (χ1n) is 8.36. The van der Waals surface area contributed by atoms with Gasteiger partial charge >= 0.3 is 5.97 Å². The first-order valence-corrected chi connectivity index (χ1v) is 8.74. The summed E-state index contributed by atoms with van der Waals surface area (Å²) in [6.45, 7) is 2.50. The molecule has 1 heterocycles. The van der Waals surface area contributed by atoms with E-state index in [0.29, 0.717) is 35.4 Å². The topological polar surface area (TPSA) is 73.9 Å². The lowest BCUT2D eigenvalue weighted by Gasteiger charge is -2.18. The third-order valence-electron chi connectivity index (χ3n) is 3.73. The summed E-state index contributed by atoms with van der Waals surface area (Å²) in [7, 11) is 0. The van der Waals surface area contributed by atoms with Crippen molar-refractivity contribution in [3.8, 4) is 11.5 Å². The van der Waals surface area contributed by atoms with Crippen molar-refractivity contribution in [3.63, 3.8) is 0 Å². The van der Waals surface area contributed by atoms with Crippen molar-refractivity contribution in [2.24, 2.45) is 0 Å². The van der Waals surface area contributed by atoms with Crippen LogP contribution in [0.5, 0.6) is 11.5 Å². The van der Waals surface area contributed by atoms with E-state index < -0.39 is 18.0 Å². The highest BCUT2D eigenvalue weighted by Gasteiger charge is 2.17. The van der Waals surface area contributed by atoms with Gasteiger partial charge in [0.05, 0.1) is 0 Å². The Morgan fingerprint density at radius 2 is 1.93 bits per heavy atom. The lowest BCUT2D eigenvalue weighted by molar-refractivity contribution is -0.148. The second kappa shape index (κ2) is 8.60. The molecule has 0 aromatic heterocycles. The minimum Gasteiger partial charge on any atom is -0.486 e. The van der Waals surface area contributed by atoms with Gasteiger partial charge in [0, 0.05) is 16.8 Å². The van der Waals surface area contributed by atoms with E-state index in [-0.39, 0.29) is 0 Å². The van der Waals surface area contributed by atoms with Gasteiger partial charge in [-0.15, -0.1) is 0 Å². The van der Waals surface area contributed by atoms with E-state index in [4.69, 9.17) is 25.8 Å². The first-order chi connectivity index (χ1) is 13.0. The summed E-state index contributed by atoms with van der Waals surface area (Å²) in [6, 6.07) is 12.1. The molecule has 6 nitrogen and oxygen atoms in total. The second-order valence-corrected chi connectivity index (χ2v) is 6.25. The maximum Gasteiger partial charge on any atom is 0.331 e. The standard InChI is InChI=1S/C20H18ClNO5/c1-13(20(24)22-16-4-2-3-15(21)12-16)27-19(23)8-6-14-5-7-17-18(11-14)26-10-9-25-17/h2-8,11-13H,9-10H2,1H3,(H,22,24)/b8-6+/t13-/m1/s1. The molecular formula is C20H18ClNO5. The number of hydrogen-bond acceptors (Lipinski definition) is 5. The Hall–Kier alpha value is -2.99. The fourth-order valence-electron chi connectivity index (χ4n) is 2.41. The number of carbonyl (C=O) groups is 2. The van der Waals surface area contributed by atoms with Crippen molar-refractivity contribution in [1.82, 2.24) is 0 Å². The van der Waals surface area contributed by atoms with Gasteiger partial charge in [0.25, 0.3) is 5.91 Å². The number of ether oxygens (including phenoxy) is 3. The molecule has 0 radical (unpaired) electrons. The Kier molecular flexibility index (Phi) is 5.98. The Morgan fingerprint density at radius 3 is 2.70 bits per heavy atom. The highest BCUT2D eigenvalue weighted by Crippen LogP contribution is 2.31. The molecule has 3 rings (SSSR count). The molecule has 1 atom stereocenters. The largest absolute Gasteiger partial charge is 0.486 e. The summed E-state index contributed by atoms with van der Waals surface area (Å²) < 4.78 is 16.1. The molecule has 0 spiro atoms. The van der Waals surface area contributed by atoms with Crippen LogP contribution in [-0.4, -0.2) is 31.2 Å². The van der Waals surface area contributed by atoms with E-state index in [0.717, 1.165) is 5.56 Å². The average Bonchev–Trinajstić information content (AvgIpc) is 2.66. The quantitative estimate of drug-likeness (QED) is 0.625. The summed E-state index contributed by atoms with van der Waals surface area (Å²) in [5.74, 6) is 0.232. The molecule has 0 saturated heterocycles. The number of nitrogens with one attached hydrogen (secondary N) is 1. The van der Waals surface area contributed by atoms with Crippen LogP contribution in [0.4, 0.5) is 5.69 Å². The molecule has 2 aromatic carbocycles. The Morgan fingerprint density at radius 1 is 1.15 bits per heavy atom. The molecule has 1 N–H and O–H groups in total. The van der Waals surface area contributed by atoms with Gasteiger partial charge in [-0.25, -0.2) is 4.79 Å². The molecule has 1 aliphatic heterocycles. The van der Waals surface area contributed by atoms with Crippen molar-refractivity contribution < 1.29 is 23.8 Å². The number of halogens is 1. The first kappa shape index (κ1) is 18.8. The van der Waals surface area contributed by atoms with E-state index in [2.05, 4.69) is 5.32 Å². The fraction of sp³-hybridized carbons (Fsp3) is 0.200. The zero-order chi connectivity index (χ0) is 19.2. The Bertz CT molecular complexity index is 880. The van der Waals surface area contributed by atoms with Gasteiger partial charge in [-0.2, -0.15) is 0 Å². The molecule has 0 unspecified atom stereocenters. The van der Waals surface area contributed by atoms with Crippen LogP contribution in [-0.2, 0) is 14.3 Å². The molecule has 0 bridgehead atoms. The summed E-state index contributed by atoms with van der Waals surface area (Å²) in [5, 5.41) is 3.14. The smallest absolute Gasteiger partial charge is 0.331 e. The number of esters is 1. The average molecular weight is 388 g/mol. The third-order valence-corrected chi connectivity index (χ3v) is 3.97. The van der Waals surface area contributed by atoms with E-state index in [1.165, 1.54) is 13.0 Å².